The maximum atomic E-state index is 12.3. The fraction of sp³-hybridized carbons (Fsp3) is 0.125. The van der Waals surface area contributed by atoms with Crippen molar-refractivity contribution in [3.63, 3.8) is 0 Å². The van der Waals surface area contributed by atoms with Gasteiger partial charge >= 0.3 is 0 Å². The molecule has 0 aliphatic rings. The minimum Gasteiger partial charge on any atom is -0.324 e. The average molecular weight is 383 g/mol. The van der Waals surface area contributed by atoms with E-state index in [2.05, 4.69) is 10.3 Å². The number of benzene rings is 2. The molecule has 1 heterocycles. The number of carbonyl (C=O) groups excluding carboxylic acids is 1. The van der Waals surface area contributed by atoms with Gasteiger partial charge in [0.15, 0.2) is 4.34 Å². The zero-order valence-corrected chi connectivity index (χ0v) is 15.2. The van der Waals surface area contributed by atoms with Crippen LogP contribution < -0.4 is 5.32 Å². The molecule has 0 saturated carbocycles. The van der Waals surface area contributed by atoms with Crippen LogP contribution >= 0.6 is 46.3 Å². The number of aromatic nitrogens is 1. The van der Waals surface area contributed by atoms with Gasteiger partial charge < -0.3 is 5.32 Å². The van der Waals surface area contributed by atoms with E-state index in [0.29, 0.717) is 15.7 Å². The van der Waals surface area contributed by atoms with Crippen LogP contribution in [0.2, 0.25) is 10.0 Å². The SMILES string of the molecule is CC(Sc1nc2ccccc2s1)C(=O)Nc1ccc(Cl)cc1Cl. The maximum absolute atomic E-state index is 12.3. The van der Waals surface area contributed by atoms with Crippen LogP contribution in [0.5, 0.6) is 0 Å². The Kier molecular flexibility index (Phi) is 5.11. The monoisotopic (exact) mass is 382 g/mol. The van der Waals surface area contributed by atoms with Gasteiger partial charge in [0, 0.05) is 5.02 Å². The highest BCUT2D eigenvalue weighted by atomic mass is 35.5. The Hall–Kier alpha value is -1.27. The molecule has 1 atom stereocenters. The van der Waals surface area contributed by atoms with E-state index in [4.69, 9.17) is 23.2 Å². The zero-order chi connectivity index (χ0) is 16.4. The zero-order valence-electron chi connectivity index (χ0n) is 12.0. The number of hydrogen-bond donors (Lipinski definition) is 1. The fourth-order valence-electron chi connectivity index (χ4n) is 1.93. The summed E-state index contributed by atoms with van der Waals surface area (Å²) in [5.74, 6) is -0.126. The van der Waals surface area contributed by atoms with Crippen LogP contribution in [0.1, 0.15) is 6.92 Å². The Balaban J connectivity index is 1.69. The van der Waals surface area contributed by atoms with Crippen LogP contribution in [-0.2, 0) is 4.79 Å². The van der Waals surface area contributed by atoms with Crippen LogP contribution in [0.3, 0.4) is 0 Å². The van der Waals surface area contributed by atoms with Crippen molar-refractivity contribution in [2.75, 3.05) is 5.32 Å². The Morgan fingerprint density at radius 2 is 2.04 bits per heavy atom. The number of nitrogens with zero attached hydrogens (tertiary/aromatic N) is 1. The Morgan fingerprint density at radius 1 is 1.26 bits per heavy atom. The first-order valence-electron chi connectivity index (χ1n) is 6.81. The quantitative estimate of drug-likeness (QED) is 0.586. The number of hydrogen-bond acceptors (Lipinski definition) is 4. The second kappa shape index (κ2) is 7.09. The van der Waals surface area contributed by atoms with E-state index in [1.54, 1.807) is 29.5 Å². The molecule has 0 fully saturated rings. The van der Waals surface area contributed by atoms with Gasteiger partial charge in [-0.1, -0.05) is 47.1 Å². The molecule has 3 rings (SSSR count). The molecule has 23 heavy (non-hydrogen) atoms. The molecule has 1 N–H and O–H groups in total. The molecule has 2 aromatic carbocycles. The first-order chi connectivity index (χ1) is 11.0. The van der Waals surface area contributed by atoms with E-state index in [9.17, 15) is 4.79 Å². The molecule has 7 heteroatoms. The smallest absolute Gasteiger partial charge is 0.237 e. The van der Waals surface area contributed by atoms with Crippen molar-refractivity contribution in [3.05, 3.63) is 52.5 Å². The first-order valence-corrected chi connectivity index (χ1v) is 9.26. The fourth-order valence-corrected chi connectivity index (χ4v) is 4.60. The lowest BCUT2D eigenvalue weighted by atomic mass is 10.3. The van der Waals surface area contributed by atoms with Gasteiger partial charge in [0.2, 0.25) is 5.91 Å². The third-order valence-corrected chi connectivity index (χ3v) is 5.89. The molecule has 0 radical (unpaired) electrons. The van der Waals surface area contributed by atoms with Crippen molar-refractivity contribution in [1.29, 1.82) is 0 Å². The van der Waals surface area contributed by atoms with E-state index in [1.807, 2.05) is 31.2 Å². The summed E-state index contributed by atoms with van der Waals surface area (Å²) in [6, 6.07) is 12.9. The standard InChI is InChI=1S/C16H12Cl2N2OS2/c1-9(15(21)19-12-7-6-10(17)8-11(12)18)22-16-20-13-4-2-3-5-14(13)23-16/h2-9H,1H3,(H,19,21). The largest absolute Gasteiger partial charge is 0.324 e. The van der Waals surface area contributed by atoms with Crippen molar-refractivity contribution in [3.8, 4) is 0 Å². The molecule has 3 nitrogen and oxygen atoms in total. The Bertz CT molecular complexity index is 833. The van der Waals surface area contributed by atoms with Crippen molar-refractivity contribution in [1.82, 2.24) is 4.98 Å². The summed E-state index contributed by atoms with van der Waals surface area (Å²) < 4.78 is 1.99. The van der Waals surface area contributed by atoms with Crippen molar-refractivity contribution >= 4 is 68.1 Å². The highest BCUT2D eigenvalue weighted by molar-refractivity contribution is 8.02. The number of halogens is 2. The minimum absolute atomic E-state index is 0.126. The van der Waals surface area contributed by atoms with Gasteiger partial charge in [0.05, 0.1) is 26.2 Å². The Labute approximate surface area is 152 Å². The lowest BCUT2D eigenvalue weighted by molar-refractivity contribution is -0.115. The van der Waals surface area contributed by atoms with Crippen LogP contribution in [0, 0.1) is 0 Å². The molecule has 3 aromatic rings. The molecule has 0 aliphatic heterocycles. The van der Waals surface area contributed by atoms with Crippen LogP contribution in [0.4, 0.5) is 5.69 Å². The second-order valence-corrected chi connectivity index (χ2v) is 8.28. The van der Waals surface area contributed by atoms with Gasteiger partial charge in [0.1, 0.15) is 0 Å². The highest BCUT2D eigenvalue weighted by Gasteiger charge is 2.18. The molecule has 1 unspecified atom stereocenters. The van der Waals surface area contributed by atoms with E-state index in [-0.39, 0.29) is 11.2 Å². The summed E-state index contributed by atoms with van der Waals surface area (Å²) in [5.41, 5.74) is 1.51. The van der Waals surface area contributed by atoms with E-state index in [1.165, 1.54) is 11.8 Å². The summed E-state index contributed by atoms with van der Waals surface area (Å²) in [6.45, 7) is 1.84. The van der Waals surface area contributed by atoms with Gasteiger partial charge in [-0.25, -0.2) is 4.98 Å². The van der Waals surface area contributed by atoms with E-state index in [0.717, 1.165) is 14.6 Å². The van der Waals surface area contributed by atoms with Crippen LogP contribution in [0.25, 0.3) is 10.2 Å². The summed E-state index contributed by atoms with van der Waals surface area (Å²) >= 11 is 14.9. The van der Waals surface area contributed by atoms with Gasteiger partial charge in [-0.05, 0) is 37.3 Å². The topological polar surface area (TPSA) is 42.0 Å². The van der Waals surface area contributed by atoms with E-state index < -0.39 is 0 Å². The molecule has 0 bridgehead atoms. The summed E-state index contributed by atoms with van der Waals surface area (Å²) in [6.07, 6.45) is 0. The summed E-state index contributed by atoms with van der Waals surface area (Å²) in [5, 5.41) is 3.48. The minimum atomic E-state index is -0.290. The predicted octanol–water partition coefficient (Wildman–Crippen LogP) is 5.72. The number of amides is 1. The number of rotatable bonds is 4. The molecule has 1 aromatic heterocycles. The number of thiazole rings is 1. The van der Waals surface area contributed by atoms with Gasteiger partial charge in [-0.15, -0.1) is 11.3 Å². The number of para-hydroxylation sites is 1. The number of thioether (sulfide) groups is 1. The summed E-state index contributed by atoms with van der Waals surface area (Å²) in [7, 11) is 0. The highest BCUT2D eigenvalue weighted by Crippen LogP contribution is 2.33. The third-order valence-electron chi connectivity index (χ3n) is 3.11. The Morgan fingerprint density at radius 3 is 2.78 bits per heavy atom. The van der Waals surface area contributed by atoms with Gasteiger partial charge in [-0.2, -0.15) is 0 Å². The van der Waals surface area contributed by atoms with Crippen LogP contribution in [0.15, 0.2) is 46.8 Å². The maximum Gasteiger partial charge on any atom is 0.237 e. The predicted molar refractivity (Wildman–Crippen MR) is 100 cm³/mol. The molecule has 1 amide bonds. The first kappa shape index (κ1) is 16.6. The number of fused-ring (bicyclic) bond motifs is 1. The van der Waals surface area contributed by atoms with Crippen molar-refractivity contribution < 1.29 is 4.79 Å². The number of carbonyl (C=O) groups is 1. The second-order valence-electron chi connectivity index (χ2n) is 4.82. The van der Waals surface area contributed by atoms with E-state index >= 15 is 0 Å². The van der Waals surface area contributed by atoms with Crippen LogP contribution in [-0.4, -0.2) is 16.1 Å². The lowest BCUT2D eigenvalue weighted by Gasteiger charge is -2.11. The average Bonchev–Trinajstić information content (AvgIpc) is 2.92. The third kappa shape index (κ3) is 3.98. The molecular weight excluding hydrogens is 371 g/mol. The molecular formula is C16H12Cl2N2OS2. The normalized spacial score (nSPS) is 12.3. The lowest BCUT2D eigenvalue weighted by Crippen LogP contribution is -2.22. The number of nitrogens with one attached hydrogen (secondary N) is 1. The number of anilines is 1. The van der Waals surface area contributed by atoms with Crippen molar-refractivity contribution in [2.24, 2.45) is 0 Å². The van der Waals surface area contributed by atoms with Gasteiger partial charge in [-0.3, -0.25) is 4.79 Å². The molecule has 118 valence electrons. The molecule has 0 saturated heterocycles. The van der Waals surface area contributed by atoms with Crippen molar-refractivity contribution in [2.45, 2.75) is 16.5 Å². The molecule has 0 spiro atoms. The van der Waals surface area contributed by atoms with Gasteiger partial charge in [0.25, 0.3) is 0 Å². The summed E-state index contributed by atoms with van der Waals surface area (Å²) in [4.78, 5) is 16.9. The molecule has 0 aliphatic carbocycles.